The molecule has 22 heavy (non-hydrogen) atoms. The van der Waals surface area contributed by atoms with E-state index in [4.69, 9.17) is 4.74 Å². The number of ether oxygens (including phenoxy) is 1. The van der Waals surface area contributed by atoms with Crippen molar-refractivity contribution in [2.75, 3.05) is 5.32 Å². The molecule has 0 aliphatic heterocycles. The topological polar surface area (TPSA) is 55.6 Å². The van der Waals surface area contributed by atoms with Crippen molar-refractivity contribution in [2.45, 2.75) is 20.0 Å². The minimum absolute atomic E-state index is 0.0162. The normalized spacial score (nSPS) is 10.6. The molecule has 3 rings (SSSR count). The number of carbonyl (C=O) groups is 1. The highest BCUT2D eigenvalue weighted by Gasteiger charge is 2.04. The number of rotatable bonds is 5. The molecule has 112 valence electrons. The Labute approximate surface area is 128 Å². The van der Waals surface area contributed by atoms with Gasteiger partial charge in [0.2, 0.25) is 5.91 Å². The first-order valence-electron chi connectivity index (χ1n) is 7.20. The van der Waals surface area contributed by atoms with Crippen LogP contribution in [-0.2, 0) is 11.4 Å². The highest BCUT2D eigenvalue weighted by molar-refractivity contribution is 5.90. The van der Waals surface area contributed by atoms with E-state index in [1.807, 2.05) is 66.2 Å². The van der Waals surface area contributed by atoms with Crippen molar-refractivity contribution in [3.8, 4) is 5.75 Å². The van der Waals surface area contributed by atoms with Gasteiger partial charge >= 0.3 is 0 Å². The number of nitrogens with zero attached hydrogens (tertiary/aromatic N) is 2. The number of hydrogen-bond donors (Lipinski definition) is 1. The molecule has 1 N–H and O–H groups in total. The molecule has 0 bridgehead atoms. The largest absolute Gasteiger partial charge is 0.487 e. The van der Waals surface area contributed by atoms with Gasteiger partial charge in [-0.05, 0) is 24.3 Å². The van der Waals surface area contributed by atoms with E-state index in [1.54, 1.807) is 0 Å². The smallest absolute Gasteiger partial charge is 0.224 e. The van der Waals surface area contributed by atoms with E-state index in [2.05, 4.69) is 10.3 Å². The van der Waals surface area contributed by atoms with Crippen LogP contribution in [-0.4, -0.2) is 15.3 Å². The van der Waals surface area contributed by atoms with Crippen LogP contribution in [0.2, 0.25) is 0 Å². The molecule has 0 aliphatic carbocycles. The van der Waals surface area contributed by atoms with Crippen molar-refractivity contribution in [3.63, 3.8) is 0 Å². The molecule has 0 saturated heterocycles. The van der Waals surface area contributed by atoms with Crippen LogP contribution in [0.1, 0.15) is 19.0 Å². The van der Waals surface area contributed by atoms with E-state index >= 15 is 0 Å². The Kier molecular flexibility index (Phi) is 4.05. The lowest BCUT2D eigenvalue weighted by Gasteiger charge is -2.07. The minimum atomic E-state index is -0.0162. The average Bonchev–Trinajstić information content (AvgIpc) is 2.96. The zero-order valence-electron chi connectivity index (χ0n) is 12.3. The SMILES string of the molecule is CCC(=O)Nc1cccc(OCc2cn3ccccc3n2)c1. The molecular weight excluding hydrogens is 278 g/mol. The van der Waals surface area contributed by atoms with Gasteiger partial charge < -0.3 is 14.5 Å². The van der Waals surface area contributed by atoms with Gasteiger partial charge in [-0.1, -0.05) is 19.1 Å². The van der Waals surface area contributed by atoms with Crippen LogP contribution in [0.15, 0.2) is 54.9 Å². The molecule has 1 amide bonds. The van der Waals surface area contributed by atoms with Crippen molar-refractivity contribution in [3.05, 3.63) is 60.6 Å². The number of aromatic nitrogens is 2. The molecule has 3 aromatic rings. The van der Waals surface area contributed by atoms with Crippen LogP contribution in [0.3, 0.4) is 0 Å². The van der Waals surface area contributed by atoms with Crippen LogP contribution in [0.25, 0.3) is 5.65 Å². The lowest BCUT2D eigenvalue weighted by Crippen LogP contribution is -2.09. The van der Waals surface area contributed by atoms with Gasteiger partial charge in [-0.25, -0.2) is 4.98 Å². The first-order chi connectivity index (χ1) is 10.7. The van der Waals surface area contributed by atoms with E-state index in [9.17, 15) is 4.79 Å². The average molecular weight is 295 g/mol. The van der Waals surface area contributed by atoms with Crippen LogP contribution in [0, 0.1) is 0 Å². The Morgan fingerprint density at radius 2 is 2.18 bits per heavy atom. The van der Waals surface area contributed by atoms with Gasteiger partial charge in [-0.15, -0.1) is 0 Å². The summed E-state index contributed by atoms with van der Waals surface area (Å²) in [5.41, 5.74) is 2.48. The Morgan fingerprint density at radius 3 is 3.00 bits per heavy atom. The highest BCUT2D eigenvalue weighted by Crippen LogP contribution is 2.19. The third-order valence-corrected chi connectivity index (χ3v) is 3.24. The summed E-state index contributed by atoms with van der Waals surface area (Å²) in [6.45, 7) is 2.20. The molecule has 0 atom stereocenters. The number of imidazole rings is 1. The van der Waals surface area contributed by atoms with Crippen LogP contribution in [0.4, 0.5) is 5.69 Å². The lowest BCUT2D eigenvalue weighted by atomic mass is 10.3. The summed E-state index contributed by atoms with van der Waals surface area (Å²) in [7, 11) is 0. The Hall–Kier alpha value is -2.82. The van der Waals surface area contributed by atoms with Gasteiger partial charge in [-0.2, -0.15) is 0 Å². The quantitative estimate of drug-likeness (QED) is 0.786. The van der Waals surface area contributed by atoms with Gasteiger partial charge in [0.25, 0.3) is 0 Å². The number of fused-ring (bicyclic) bond motifs is 1. The molecule has 2 heterocycles. The van der Waals surface area contributed by atoms with Crippen LogP contribution < -0.4 is 10.1 Å². The number of nitrogens with one attached hydrogen (secondary N) is 1. The molecule has 0 radical (unpaired) electrons. The second-order valence-electron chi connectivity index (χ2n) is 4.92. The first kappa shape index (κ1) is 14.1. The summed E-state index contributed by atoms with van der Waals surface area (Å²) < 4.78 is 7.71. The minimum Gasteiger partial charge on any atom is -0.487 e. The van der Waals surface area contributed by atoms with Crippen molar-refractivity contribution in [1.29, 1.82) is 0 Å². The molecule has 0 spiro atoms. The molecule has 0 saturated carbocycles. The summed E-state index contributed by atoms with van der Waals surface area (Å²) in [4.78, 5) is 15.9. The van der Waals surface area contributed by atoms with E-state index in [0.717, 1.165) is 17.0 Å². The first-order valence-corrected chi connectivity index (χ1v) is 7.20. The summed E-state index contributed by atoms with van der Waals surface area (Å²) in [6.07, 6.45) is 4.34. The number of anilines is 1. The van der Waals surface area contributed by atoms with Crippen molar-refractivity contribution in [1.82, 2.24) is 9.38 Å². The number of amides is 1. The number of pyridine rings is 1. The predicted octanol–water partition coefficient (Wildman–Crippen LogP) is 3.26. The number of carbonyl (C=O) groups excluding carboxylic acids is 1. The summed E-state index contributed by atoms with van der Waals surface area (Å²) in [5.74, 6) is 0.684. The Bertz CT molecular complexity index is 762. The maximum atomic E-state index is 11.4. The van der Waals surface area contributed by atoms with Gasteiger partial charge in [0.15, 0.2) is 0 Å². The van der Waals surface area contributed by atoms with Gasteiger partial charge in [-0.3, -0.25) is 4.79 Å². The zero-order valence-corrected chi connectivity index (χ0v) is 12.3. The van der Waals surface area contributed by atoms with Crippen molar-refractivity contribution >= 4 is 17.2 Å². The highest BCUT2D eigenvalue weighted by atomic mass is 16.5. The van der Waals surface area contributed by atoms with E-state index in [1.165, 1.54) is 0 Å². The lowest BCUT2D eigenvalue weighted by molar-refractivity contribution is -0.115. The second-order valence-corrected chi connectivity index (χ2v) is 4.92. The van der Waals surface area contributed by atoms with Crippen molar-refractivity contribution in [2.24, 2.45) is 0 Å². The fraction of sp³-hybridized carbons (Fsp3) is 0.176. The third-order valence-electron chi connectivity index (χ3n) is 3.24. The molecule has 2 aromatic heterocycles. The van der Waals surface area contributed by atoms with Gasteiger partial charge in [0, 0.05) is 30.6 Å². The monoisotopic (exact) mass is 295 g/mol. The number of hydrogen-bond acceptors (Lipinski definition) is 3. The second kappa shape index (κ2) is 6.30. The van der Waals surface area contributed by atoms with Crippen LogP contribution in [0.5, 0.6) is 5.75 Å². The Balaban J connectivity index is 1.68. The molecular formula is C17H17N3O2. The number of benzene rings is 1. The van der Waals surface area contributed by atoms with Gasteiger partial charge in [0.05, 0.1) is 5.69 Å². The van der Waals surface area contributed by atoms with Gasteiger partial charge in [0.1, 0.15) is 18.0 Å². The van der Waals surface area contributed by atoms with Crippen LogP contribution >= 0.6 is 0 Å². The predicted molar refractivity (Wildman–Crippen MR) is 84.9 cm³/mol. The van der Waals surface area contributed by atoms with E-state index in [0.29, 0.717) is 18.8 Å². The molecule has 0 aliphatic rings. The fourth-order valence-electron chi connectivity index (χ4n) is 2.13. The standard InChI is InChI=1S/C17H17N3O2/c1-2-17(21)19-13-6-5-7-15(10-13)22-12-14-11-20-9-4-3-8-16(20)18-14/h3-11H,2,12H2,1H3,(H,19,21). The van der Waals surface area contributed by atoms with Crippen molar-refractivity contribution < 1.29 is 9.53 Å². The summed E-state index contributed by atoms with van der Waals surface area (Å²) >= 11 is 0. The van der Waals surface area contributed by atoms with E-state index in [-0.39, 0.29) is 5.91 Å². The molecule has 5 heteroatoms. The summed E-state index contributed by atoms with van der Waals surface area (Å²) in [5, 5.41) is 2.81. The maximum Gasteiger partial charge on any atom is 0.224 e. The third kappa shape index (κ3) is 3.25. The molecule has 1 aromatic carbocycles. The molecule has 0 fully saturated rings. The maximum absolute atomic E-state index is 11.4. The molecule has 5 nitrogen and oxygen atoms in total. The fourth-order valence-corrected chi connectivity index (χ4v) is 2.13. The van der Waals surface area contributed by atoms with E-state index < -0.39 is 0 Å². The zero-order chi connectivity index (χ0) is 15.4. The Morgan fingerprint density at radius 1 is 1.27 bits per heavy atom. The molecule has 0 unspecified atom stereocenters. The summed E-state index contributed by atoms with van der Waals surface area (Å²) in [6, 6.07) is 13.2.